The van der Waals surface area contributed by atoms with E-state index in [0.717, 1.165) is 89.4 Å². The third-order valence-electron chi connectivity index (χ3n) is 9.74. The van der Waals surface area contributed by atoms with Gasteiger partial charge in [0.15, 0.2) is 10.8 Å². The molecule has 6 nitrogen and oxygen atoms in total. The molecule has 0 unspecified atom stereocenters. The normalized spacial score (nSPS) is 11.6. The number of pyridine rings is 1. The molecule has 0 saturated carbocycles. The standard InChI is InChI=1S/C46H35N5.C2H6OS.2ClH.Pt/c1-28-4-10-31(11-5-28)43-35-16-18-37(48-35)44(32-12-6-29(2)7-13-32)39-20-22-41(50-39)46(34-24-26-47-27-25-34)42-23-21-40(51-42)45(38-19-17-36(43)49-38)33-14-8-30(3)9-15-33;1-4(2)3;;;/h4-27,48-49H,1-3H3;1-2H3;2*1H;/q;;;;+2/p-1. The monoisotopic (exact) mass is 1000 g/mol. The molecule has 3 aromatic carbocycles. The van der Waals surface area contributed by atoms with Crippen LogP contribution in [0.3, 0.4) is 0 Å². The topological polar surface area (TPSA) is 91.7 Å². The van der Waals surface area contributed by atoms with Crippen molar-refractivity contribution in [3.63, 3.8) is 0 Å². The molecule has 294 valence electrons. The van der Waals surface area contributed by atoms with Crippen LogP contribution in [0.1, 0.15) is 39.5 Å². The summed E-state index contributed by atoms with van der Waals surface area (Å²) in [6, 6.07) is 38.9. The predicted molar refractivity (Wildman–Crippen MR) is 245 cm³/mol. The fourth-order valence-electron chi connectivity index (χ4n) is 7.10. The Balaban J connectivity index is 0.000000682. The maximum absolute atomic E-state index is 8.08. The van der Waals surface area contributed by atoms with E-state index in [0.29, 0.717) is 0 Å². The van der Waals surface area contributed by atoms with Gasteiger partial charge in [-0.05, 0) is 104 Å². The molecule has 9 rings (SSSR count). The Labute approximate surface area is 358 Å². The van der Waals surface area contributed by atoms with Crippen molar-refractivity contribution < 1.29 is 20.7 Å². The average Bonchev–Trinajstić information content (AvgIpc) is 4.06. The summed E-state index contributed by atoms with van der Waals surface area (Å²) >= 11 is -0.472. The summed E-state index contributed by atoms with van der Waals surface area (Å²) in [6.07, 6.45) is 15.6. The van der Waals surface area contributed by atoms with E-state index in [1.54, 1.807) is 12.5 Å². The van der Waals surface area contributed by atoms with E-state index in [-0.39, 0.29) is 10.8 Å². The molecule has 0 aliphatic carbocycles. The van der Waals surface area contributed by atoms with E-state index in [1.165, 1.54) is 16.7 Å². The van der Waals surface area contributed by atoms with Crippen LogP contribution in [0.25, 0.3) is 90.9 Å². The molecular formula is C48H42Cl2N5OPtS+. The molecule has 2 aliphatic rings. The van der Waals surface area contributed by atoms with Crippen LogP contribution in [0.2, 0.25) is 0 Å². The number of aryl methyl sites for hydroxylation is 3. The van der Waals surface area contributed by atoms with E-state index in [4.69, 9.17) is 33.0 Å². The molecule has 3 N–H and O–H groups in total. The van der Waals surface area contributed by atoms with E-state index >= 15 is 0 Å². The Morgan fingerprint density at radius 3 is 1.07 bits per heavy atom. The van der Waals surface area contributed by atoms with Crippen molar-refractivity contribution in [2.24, 2.45) is 0 Å². The Morgan fingerprint density at radius 2 is 0.724 bits per heavy atom. The minimum atomic E-state index is -0.472. The van der Waals surface area contributed by atoms with Crippen molar-refractivity contribution in [3.05, 3.63) is 161 Å². The van der Waals surface area contributed by atoms with Crippen molar-refractivity contribution in [3.8, 4) is 44.5 Å². The summed E-state index contributed by atoms with van der Waals surface area (Å²) in [5, 5.41) is 0. The summed E-state index contributed by atoms with van der Waals surface area (Å²) < 4.78 is 8.08. The number of nitrogens with zero attached hydrogens (tertiary/aromatic N) is 3. The van der Waals surface area contributed by atoms with Gasteiger partial charge in [-0.3, -0.25) is 9.19 Å². The van der Waals surface area contributed by atoms with Gasteiger partial charge in [0.25, 0.3) is 0 Å². The molecule has 0 saturated heterocycles. The first-order chi connectivity index (χ1) is 28.1. The number of hydrogen-bond acceptors (Lipinski definition) is 3. The third-order valence-corrected chi connectivity index (χ3v) is 9.74. The molecule has 4 aromatic heterocycles. The second-order valence-electron chi connectivity index (χ2n) is 14.2. The van der Waals surface area contributed by atoms with Gasteiger partial charge >= 0.3 is 35.3 Å². The molecule has 0 atom stereocenters. The predicted octanol–water partition coefficient (Wildman–Crippen LogP) is 13.2. The molecule has 2 aliphatic heterocycles. The Morgan fingerprint density at radius 1 is 0.448 bits per heavy atom. The van der Waals surface area contributed by atoms with E-state index < -0.39 is 16.5 Å². The van der Waals surface area contributed by atoms with Crippen LogP contribution in [-0.2, 0) is 27.3 Å². The zero-order chi connectivity index (χ0) is 40.8. The SMILES string of the molecule is CS(C)=[OH+].Cc1ccc(-c2c3nc(c(-c4ccncc4)c4nc(c(-c5ccc(C)cc5)c5ccc([nH]5)c(-c5ccc(C)cc5)c5ccc2[nH]5)C=C4)C=C3)cc1.[Cl][Pt][Cl]. The molecule has 10 heteroatoms. The van der Waals surface area contributed by atoms with Crippen LogP contribution in [0.4, 0.5) is 0 Å². The van der Waals surface area contributed by atoms with Crippen LogP contribution < -0.4 is 0 Å². The maximum atomic E-state index is 8.08. The fourth-order valence-corrected chi connectivity index (χ4v) is 7.10. The number of nitrogens with one attached hydrogen (secondary N) is 2. The van der Waals surface area contributed by atoms with Gasteiger partial charge in [0.05, 0.1) is 35.3 Å². The van der Waals surface area contributed by atoms with Crippen molar-refractivity contribution in [2.75, 3.05) is 12.5 Å². The van der Waals surface area contributed by atoms with E-state index in [1.807, 2.05) is 24.5 Å². The molecule has 7 aromatic rings. The van der Waals surface area contributed by atoms with Crippen molar-refractivity contribution >= 4 is 76.0 Å². The second kappa shape index (κ2) is 18.6. The van der Waals surface area contributed by atoms with Gasteiger partial charge in [0.2, 0.25) is 0 Å². The first-order valence-corrected chi connectivity index (χ1v) is 26.1. The molecule has 58 heavy (non-hydrogen) atoms. The first kappa shape index (κ1) is 41.0. The quantitative estimate of drug-likeness (QED) is 0.172. The van der Waals surface area contributed by atoms with Gasteiger partial charge in [-0.2, -0.15) is 0 Å². The van der Waals surface area contributed by atoms with Crippen LogP contribution in [0.5, 0.6) is 0 Å². The number of halogens is 2. The van der Waals surface area contributed by atoms with E-state index in [2.05, 4.69) is 157 Å². The van der Waals surface area contributed by atoms with Crippen molar-refractivity contribution in [1.29, 1.82) is 0 Å². The zero-order valence-corrected chi connectivity index (χ0v) is 37.2. The number of rotatable bonds is 4. The molecule has 0 amide bonds. The van der Waals surface area contributed by atoms with E-state index in [9.17, 15) is 0 Å². The van der Waals surface area contributed by atoms with Gasteiger partial charge in [-0.25, -0.2) is 9.97 Å². The van der Waals surface area contributed by atoms with Gasteiger partial charge in [0.1, 0.15) is 0 Å². The van der Waals surface area contributed by atoms with Gasteiger partial charge in [-0.15, -0.1) is 0 Å². The van der Waals surface area contributed by atoms with Crippen molar-refractivity contribution in [1.82, 2.24) is 24.9 Å². The summed E-state index contributed by atoms with van der Waals surface area (Å²) in [7, 11) is 9.39. The van der Waals surface area contributed by atoms with Gasteiger partial charge in [-0.1, -0.05) is 89.5 Å². The molecule has 6 heterocycles. The Hall–Kier alpha value is -5.17. The van der Waals surface area contributed by atoms with Crippen LogP contribution in [0, 0.1) is 20.8 Å². The van der Waals surface area contributed by atoms with Crippen molar-refractivity contribution in [2.45, 2.75) is 20.8 Å². The molecular weight excluding hydrogens is 961 g/mol. The van der Waals surface area contributed by atoms with Crippen LogP contribution >= 0.6 is 18.8 Å². The van der Waals surface area contributed by atoms with Crippen LogP contribution in [-0.4, -0.2) is 41.6 Å². The molecule has 0 spiro atoms. The Kier molecular flexibility index (Phi) is 13.2. The molecule has 0 radical (unpaired) electrons. The number of fused-ring (bicyclic) bond motifs is 8. The fraction of sp³-hybridized carbons (Fsp3) is 0.104. The summed E-state index contributed by atoms with van der Waals surface area (Å²) in [4.78, 5) is 22.7. The summed E-state index contributed by atoms with van der Waals surface area (Å²) in [6.45, 7) is 6.36. The second-order valence-corrected chi connectivity index (χ2v) is 19.0. The number of H-pyrrole nitrogens is 2. The van der Waals surface area contributed by atoms with Crippen LogP contribution in [0.15, 0.2) is 122 Å². The molecule has 0 fully saturated rings. The zero-order valence-electron chi connectivity index (χ0n) is 32.6. The summed E-state index contributed by atoms with van der Waals surface area (Å²) in [5.41, 5.74) is 19.6. The number of aromatic nitrogens is 5. The number of benzene rings is 3. The molecule has 8 bridgehead atoms. The number of aromatic amines is 2. The number of hydrogen-bond donors (Lipinski definition) is 2. The first-order valence-electron chi connectivity index (χ1n) is 18.5. The minimum absolute atomic E-state index is 0.361. The van der Waals surface area contributed by atoms with Gasteiger partial charge < -0.3 is 9.97 Å². The third kappa shape index (κ3) is 9.25. The Bertz CT molecular complexity index is 2680. The summed E-state index contributed by atoms with van der Waals surface area (Å²) in [5.74, 6) is 0. The average molecular weight is 1000 g/mol. The van der Waals surface area contributed by atoms with Gasteiger partial charge in [0, 0.05) is 56.7 Å².